The normalized spacial score (nSPS) is 18.2. The molecule has 0 bridgehead atoms. The first-order valence-corrected chi connectivity index (χ1v) is 18.5. The fourth-order valence-electron chi connectivity index (χ4n) is 5.86. The Labute approximate surface area is 267 Å². The minimum absolute atomic E-state index is 0.165. The van der Waals surface area contributed by atoms with Crippen LogP contribution < -0.4 is 14.8 Å². The molecule has 0 radical (unpaired) electrons. The number of fused-ring (bicyclic) bond motifs is 3. The molecule has 1 aromatic carbocycles. The zero-order valence-electron chi connectivity index (χ0n) is 25.3. The Hall–Kier alpha value is -2.27. The van der Waals surface area contributed by atoms with Crippen molar-refractivity contribution in [3.8, 4) is 20.9 Å². The molecule has 3 nitrogen and oxygen atoms in total. The van der Waals surface area contributed by atoms with Crippen molar-refractivity contribution in [1.29, 1.82) is 0 Å². The molecule has 0 atom stereocenters. The molecule has 0 saturated carbocycles. The van der Waals surface area contributed by atoms with Gasteiger partial charge >= 0.3 is 33.0 Å². The number of hydrogen-bond acceptors (Lipinski definition) is 4. The fraction of sp³-hybridized carbons (Fsp3) is 0.419. The van der Waals surface area contributed by atoms with E-state index in [1.807, 2.05) is 22.7 Å². The number of hydrogen-bond donors (Lipinski definition) is 0. The summed E-state index contributed by atoms with van der Waals surface area (Å²) >= 11 is 9.78. The summed E-state index contributed by atoms with van der Waals surface area (Å²) in [5, 5.41) is 2.61. The van der Waals surface area contributed by atoms with E-state index in [1.54, 1.807) is 0 Å². The molecule has 1 saturated heterocycles. The monoisotopic (exact) mass is 691 g/mol. The molecule has 44 heavy (non-hydrogen) atoms. The number of benzene rings is 2. The molecule has 1 fully saturated rings. The topological polar surface area (TPSA) is 9.49 Å². The molecular formula is C31H36F6N3PS3. The van der Waals surface area contributed by atoms with Crippen molar-refractivity contribution in [2.24, 2.45) is 0 Å². The summed E-state index contributed by atoms with van der Waals surface area (Å²) < 4.78 is 62.7. The standard InChI is InChI=1S/C31H36N3S3.F6P/c1-31(2)13-16-33(5)24-19-28-22(18-23(24)31)29(21-10-9-20(32(3)4)17-27(21)37-28)25-11-12-26(36-25)30(35)34-14-7-6-8-15-34;1-7(2,3,4,5)6/h9-12,17-19H,6-8,13-16H2,1-5H3;/q+1;-1. The van der Waals surface area contributed by atoms with E-state index >= 15 is 0 Å². The molecule has 6 rings (SSSR count). The summed E-state index contributed by atoms with van der Waals surface area (Å²) in [7, 11) is -4.18. The molecule has 2 aromatic rings. The van der Waals surface area contributed by atoms with Crippen LogP contribution in [0.5, 0.6) is 0 Å². The van der Waals surface area contributed by atoms with Crippen LogP contribution in [0.3, 0.4) is 0 Å². The van der Waals surface area contributed by atoms with Gasteiger partial charge in [0.25, 0.3) is 0 Å². The SMILES string of the molecule is CN1CCC(C)(C)c2cc3c(-c4ccc(C(=S)N5CCCCC5)s4)c4ccc(=[N+](C)C)cc-4sc3cc21.F[P-](F)(F)(F)(F)F. The Morgan fingerprint density at radius 2 is 1.52 bits per heavy atom. The molecule has 3 aliphatic heterocycles. The molecule has 0 amide bonds. The Balaban J connectivity index is 0.000000493. The van der Waals surface area contributed by atoms with Gasteiger partial charge in [0.15, 0.2) is 0 Å². The molecule has 240 valence electrons. The van der Waals surface area contributed by atoms with Crippen LogP contribution in [0.15, 0.2) is 42.5 Å². The molecule has 13 heteroatoms. The molecule has 0 spiro atoms. The van der Waals surface area contributed by atoms with E-state index in [-0.39, 0.29) is 5.41 Å². The molecule has 1 aliphatic carbocycles. The van der Waals surface area contributed by atoms with Gasteiger partial charge in [-0.05, 0) is 67.0 Å². The molecule has 0 unspecified atom stereocenters. The second kappa shape index (κ2) is 10.9. The van der Waals surface area contributed by atoms with Crippen LogP contribution in [-0.4, -0.2) is 50.7 Å². The quantitative estimate of drug-likeness (QED) is 0.0681. The van der Waals surface area contributed by atoms with Crippen LogP contribution in [-0.2, 0) is 5.41 Å². The third-order valence-corrected chi connectivity index (χ3v) is 11.1. The van der Waals surface area contributed by atoms with E-state index in [1.165, 1.54) is 78.1 Å². The molecule has 4 aliphatic rings. The summed E-state index contributed by atoms with van der Waals surface area (Å²) in [6, 6.07) is 16.5. The number of likely N-dealkylation sites (tertiary alicyclic amines) is 1. The first kappa shape index (κ1) is 33.1. The van der Waals surface area contributed by atoms with Crippen molar-refractivity contribution in [2.45, 2.75) is 44.9 Å². The Kier molecular flexibility index (Phi) is 8.22. The van der Waals surface area contributed by atoms with Gasteiger partial charge in [0.1, 0.15) is 19.1 Å². The van der Waals surface area contributed by atoms with Gasteiger partial charge in [0.05, 0.1) is 4.88 Å². The van der Waals surface area contributed by atoms with Gasteiger partial charge in [-0.25, -0.2) is 4.58 Å². The van der Waals surface area contributed by atoms with Gasteiger partial charge in [-0.1, -0.05) is 26.1 Å². The van der Waals surface area contributed by atoms with Gasteiger partial charge in [-0.2, -0.15) is 0 Å². The van der Waals surface area contributed by atoms with Crippen molar-refractivity contribution in [1.82, 2.24) is 9.48 Å². The second-order valence-corrected chi connectivity index (χ2v) is 16.9. The van der Waals surface area contributed by atoms with Crippen molar-refractivity contribution in [3.63, 3.8) is 0 Å². The van der Waals surface area contributed by atoms with Gasteiger partial charge in [0, 0.05) is 75.5 Å². The van der Waals surface area contributed by atoms with Crippen molar-refractivity contribution in [2.75, 3.05) is 45.7 Å². The van der Waals surface area contributed by atoms with Crippen molar-refractivity contribution in [3.05, 3.63) is 58.3 Å². The zero-order valence-corrected chi connectivity index (χ0v) is 28.6. The van der Waals surface area contributed by atoms with E-state index in [9.17, 15) is 25.2 Å². The van der Waals surface area contributed by atoms with Crippen LogP contribution in [0.1, 0.15) is 50.0 Å². The summed E-state index contributed by atoms with van der Waals surface area (Å²) in [5.74, 6) is 0. The molecular weight excluding hydrogens is 656 g/mol. The predicted octanol–water partition coefficient (Wildman–Crippen LogP) is 10.4. The summed E-state index contributed by atoms with van der Waals surface area (Å²) in [4.78, 5) is 9.75. The average Bonchev–Trinajstić information content (AvgIpc) is 3.41. The summed E-state index contributed by atoms with van der Waals surface area (Å²) in [6.07, 6.45) is 4.99. The van der Waals surface area contributed by atoms with Crippen molar-refractivity contribution < 1.29 is 25.2 Å². The zero-order chi connectivity index (χ0) is 32.3. The first-order chi connectivity index (χ1) is 20.2. The molecule has 1 aromatic heterocycles. The third kappa shape index (κ3) is 7.74. The van der Waals surface area contributed by atoms with Gasteiger partial charge in [0.2, 0.25) is 5.36 Å². The Morgan fingerprint density at radius 3 is 2.16 bits per heavy atom. The summed E-state index contributed by atoms with van der Waals surface area (Å²) in [5.41, 5.74) is 5.71. The molecule has 0 N–H and O–H groups in total. The minimum atomic E-state index is -10.7. The van der Waals surface area contributed by atoms with Crippen LogP contribution in [0, 0.1) is 0 Å². The summed E-state index contributed by atoms with van der Waals surface area (Å²) in [6.45, 7) is 8.08. The maximum atomic E-state index is 9.87. The maximum absolute atomic E-state index is 10.7. The van der Waals surface area contributed by atoms with E-state index in [2.05, 4.69) is 91.8 Å². The number of piperidine rings is 1. The number of anilines is 1. The Morgan fingerprint density at radius 1 is 0.864 bits per heavy atom. The second-order valence-electron chi connectivity index (χ2n) is 12.4. The van der Waals surface area contributed by atoms with Gasteiger partial charge in [-0.15, -0.1) is 22.7 Å². The number of halogens is 6. The number of rotatable bonds is 2. The number of thiophene rings is 1. The van der Waals surface area contributed by atoms with Crippen LogP contribution in [0.2, 0.25) is 0 Å². The van der Waals surface area contributed by atoms with Crippen LogP contribution in [0.25, 0.3) is 31.0 Å². The number of nitrogens with zero attached hydrogens (tertiary/aromatic N) is 3. The molecule has 4 heterocycles. The average molecular weight is 692 g/mol. The van der Waals surface area contributed by atoms with Crippen LogP contribution >= 0.6 is 42.7 Å². The van der Waals surface area contributed by atoms with Gasteiger partial charge in [-0.3, -0.25) is 0 Å². The predicted molar refractivity (Wildman–Crippen MR) is 180 cm³/mol. The first-order valence-electron chi connectivity index (χ1n) is 14.4. The fourth-order valence-corrected chi connectivity index (χ4v) is 8.42. The van der Waals surface area contributed by atoms with Crippen molar-refractivity contribution >= 4 is 63.5 Å². The van der Waals surface area contributed by atoms with E-state index in [4.69, 9.17) is 12.2 Å². The van der Waals surface area contributed by atoms with Gasteiger partial charge < -0.3 is 9.80 Å². The van der Waals surface area contributed by atoms with E-state index < -0.39 is 7.81 Å². The third-order valence-electron chi connectivity index (χ3n) is 8.26. The number of thiocarbonyl (C=S) groups is 1. The van der Waals surface area contributed by atoms with Crippen LogP contribution in [0.4, 0.5) is 30.9 Å². The Bertz CT molecular complexity index is 1770. The van der Waals surface area contributed by atoms with E-state index in [0.29, 0.717) is 0 Å². The van der Waals surface area contributed by atoms with E-state index in [0.717, 1.165) is 24.6 Å².